The van der Waals surface area contributed by atoms with Gasteiger partial charge in [0.15, 0.2) is 0 Å². The second-order valence-electron chi connectivity index (χ2n) is 12.0. The van der Waals surface area contributed by atoms with Crippen LogP contribution < -0.4 is 0 Å². The second kappa shape index (κ2) is 12.2. The Morgan fingerprint density at radius 3 is 1.39 bits per heavy atom. The summed E-state index contributed by atoms with van der Waals surface area (Å²) < 4.78 is 0. The summed E-state index contributed by atoms with van der Waals surface area (Å²) in [5.74, 6) is 0.225. The van der Waals surface area contributed by atoms with Gasteiger partial charge in [-0.05, 0) is 83.6 Å². The normalized spacial score (nSPS) is 20.4. The summed E-state index contributed by atoms with van der Waals surface area (Å²) in [4.78, 5) is 18.2. The Morgan fingerprint density at radius 1 is 0.587 bits per heavy atom. The van der Waals surface area contributed by atoms with E-state index in [0.29, 0.717) is 0 Å². The van der Waals surface area contributed by atoms with Crippen molar-refractivity contribution in [1.29, 1.82) is 0 Å². The van der Waals surface area contributed by atoms with Crippen LogP contribution in [-0.4, -0.2) is 80.9 Å². The predicted molar refractivity (Wildman–Crippen MR) is 172 cm³/mol. The molecule has 234 valence electrons. The van der Waals surface area contributed by atoms with E-state index in [1.54, 1.807) is 70.7 Å². The number of rotatable bonds is 8. The van der Waals surface area contributed by atoms with Crippen LogP contribution in [0.5, 0.6) is 11.5 Å². The minimum Gasteiger partial charge on any atom is -0.508 e. The first-order valence-corrected chi connectivity index (χ1v) is 15.2. The number of H-pyrrole nitrogens is 2. The molecular weight excluding hydrogens is 584 g/mol. The molecule has 1 saturated heterocycles. The van der Waals surface area contributed by atoms with E-state index in [2.05, 4.69) is 20.4 Å². The van der Waals surface area contributed by atoms with Crippen molar-refractivity contribution in [2.45, 2.75) is 50.2 Å². The number of aliphatic hydroxyl groups excluding tert-OH is 2. The molecule has 2 aromatic heterocycles. The number of fused-ring (bicyclic) bond motifs is 2. The third-order valence-electron chi connectivity index (χ3n) is 8.91. The lowest BCUT2D eigenvalue weighted by molar-refractivity contribution is -0.0408. The van der Waals surface area contributed by atoms with Crippen LogP contribution in [0.15, 0.2) is 97.3 Å². The number of phenolic OH excluding ortho intramolecular Hbond substituents is 2. The number of nitrogens with one attached hydrogen (secondary N) is 2. The highest BCUT2D eigenvalue weighted by molar-refractivity contribution is 5.80. The Balaban J connectivity index is 1.31. The number of phenols is 2. The molecule has 6 aromatic rings. The van der Waals surface area contributed by atoms with E-state index in [1.807, 2.05) is 36.4 Å². The van der Waals surface area contributed by atoms with Crippen LogP contribution in [0.1, 0.15) is 22.3 Å². The molecule has 4 atom stereocenters. The summed E-state index contributed by atoms with van der Waals surface area (Å²) in [6.07, 6.45) is 1.33. The van der Waals surface area contributed by atoms with Crippen molar-refractivity contribution in [3.8, 4) is 11.5 Å². The average molecular weight is 619 g/mol. The Kier molecular flexibility index (Phi) is 7.77. The lowest BCUT2D eigenvalue weighted by Crippen LogP contribution is -2.50. The highest BCUT2D eigenvalue weighted by Crippen LogP contribution is 2.31. The molecule has 1 aliphatic rings. The van der Waals surface area contributed by atoms with Crippen molar-refractivity contribution in [1.82, 2.24) is 30.2 Å². The van der Waals surface area contributed by atoms with E-state index >= 15 is 0 Å². The van der Waals surface area contributed by atoms with Crippen LogP contribution in [0.25, 0.3) is 21.8 Å². The van der Waals surface area contributed by atoms with E-state index in [9.17, 15) is 25.2 Å². The van der Waals surface area contributed by atoms with Crippen molar-refractivity contribution >= 4 is 27.8 Å². The zero-order chi connectivity index (χ0) is 31.8. The van der Waals surface area contributed by atoms with E-state index in [-0.39, 0.29) is 43.5 Å². The molecule has 4 aromatic carbocycles. The number of urea groups is 1. The third kappa shape index (κ3) is 5.85. The van der Waals surface area contributed by atoms with Gasteiger partial charge in [-0.25, -0.2) is 4.79 Å². The number of hydrogen-bond acceptors (Lipinski definition) is 7. The van der Waals surface area contributed by atoms with Crippen molar-refractivity contribution in [3.05, 3.63) is 120 Å². The van der Waals surface area contributed by atoms with Gasteiger partial charge in [0.2, 0.25) is 0 Å². The van der Waals surface area contributed by atoms with Gasteiger partial charge >= 0.3 is 6.03 Å². The van der Waals surface area contributed by atoms with E-state index in [4.69, 9.17) is 0 Å². The summed E-state index contributed by atoms with van der Waals surface area (Å²) in [7, 11) is 0. The molecule has 7 rings (SSSR count). The molecule has 2 amide bonds. The fourth-order valence-corrected chi connectivity index (χ4v) is 6.43. The van der Waals surface area contributed by atoms with E-state index < -0.39 is 24.3 Å². The maximum atomic E-state index is 14.9. The standard InChI is InChI=1S/C35H34N6O5/c42-27-7-1-21(2-8-27)15-31-33(44)34(45)32(16-22-3-9-28(43)10-4-22)41(20-24-6-12-30-26(14-24)18-37-39-30)35(46)40(31)19-23-5-11-29-25(13-23)17-36-38-29/h1-14,17-18,31-34,42-45H,15-16,19-20H2,(H,36,38)(H,37,39)/t31-,32-,33+,34+/m1/s1. The zero-order valence-corrected chi connectivity index (χ0v) is 24.9. The van der Waals surface area contributed by atoms with Gasteiger partial charge in [0.1, 0.15) is 23.7 Å². The maximum Gasteiger partial charge on any atom is 0.321 e. The number of aromatic amines is 2. The fraction of sp³-hybridized carbons (Fsp3) is 0.229. The van der Waals surface area contributed by atoms with Crippen molar-refractivity contribution in [2.24, 2.45) is 0 Å². The van der Waals surface area contributed by atoms with Crippen molar-refractivity contribution in [2.75, 3.05) is 0 Å². The number of carbonyl (C=O) groups is 1. The third-order valence-corrected chi connectivity index (χ3v) is 8.91. The Labute approximate surface area is 264 Å². The van der Waals surface area contributed by atoms with E-state index in [1.165, 1.54) is 0 Å². The second-order valence-corrected chi connectivity index (χ2v) is 12.0. The summed E-state index contributed by atoms with van der Waals surface area (Å²) in [5.41, 5.74) is 5.02. The van der Waals surface area contributed by atoms with Crippen LogP contribution >= 0.6 is 0 Å². The van der Waals surface area contributed by atoms with Gasteiger partial charge in [-0.2, -0.15) is 10.2 Å². The molecule has 1 fully saturated rings. The van der Waals surface area contributed by atoms with Gasteiger partial charge in [0.05, 0.1) is 35.5 Å². The van der Waals surface area contributed by atoms with Gasteiger partial charge in [0.25, 0.3) is 0 Å². The van der Waals surface area contributed by atoms with Crippen molar-refractivity contribution < 1.29 is 25.2 Å². The van der Waals surface area contributed by atoms with Crippen LogP contribution in [0.3, 0.4) is 0 Å². The Bertz CT molecular complexity index is 1830. The summed E-state index contributed by atoms with van der Waals surface area (Å²) in [6, 6.07) is 23.0. The maximum absolute atomic E-state index is 14.9. The van der Waals surface area contributed by atoms with Gasteiger partial charge in [0, 0.05) is 23.9 Å². The molecule has 46 heavy (non-hydrogen) atoms. The highest BCUT2D eigenvalue weighted by Gasteiger charge is 2.46. The first kappa shape index (κ1) is 29.3. The number of aromatic hydroxyl groups is 2. The van der Waals surface area contributed by atoms with E-state index in [0.717, 1.165) is 44.1 Å². The Morgan fingerprint density at radius 2 is 0.978 bits per heavy atom. The van der Waals surface area contributed by atoms with Crippen LogP contribution in [0.4, 0.5) is 4.79 Å². The number of carbonyl (C=O) groups excluding carboxylic acids is 1. The lowest BCUT2D eigenvalue weighted by Gasteiger charge is -2.36. The van der Waals surface area contributed by atoms with Gasteiger partial charge in [-0.15, -0.1) is 0 Å². The van der Waals surface area contributed by atoms with Gasteiger partial charge in [-0.1, -0.05) is 36.4 Å². The van der Waals surface area contributed by atoms with Crippen LogP contribution in [0.2, 0.25) is 0 Å². The molecular formula is C35H34N6O5. The largest absolute Gasteiger partial charge is 0.508 e. The van der Waals surface area contributed by atoms with Gasteiger partial charge in [-0.3, -0.25) is 10.2 Å². The zero-order valence-electron chi connectivity index (χ0n) is 24.9. The SMILES string of the molecule is O=C1N(Cc2ccc3[nH]ncc3c2)[C@H](Cc2ccc(O)cc2)[C@H](O)[C@@H](O)[C@@H](Cc2ccc(O)cc2)N1Cc1ccc2[nH]ncc2c1. The molecule has 0 unspecified atom stereocenters. The number of aromatic nitrogens is 4. The molecule has 0 spiro atoms. The molecule has 0 aliphatic carbocycles. The fourth-order valence-electron chi connectivity index (χ4n) is 6.43. The molecule has 0 radical (unpaired) electrons. The molecule has 0 saturated carbocycles. The molecule has 3 heterocycles. The first-order valence-electron chi connectivity index (χ1n) is 15.2. The summed E-state index contributed by atoms with van der Waals surface area (Å²) >= 11 is 0. The van der Waals surface area contributed by atoms with Crippen LogP contribution in [0, 0.1) is 0 Å². The summed E-state index contributed by atoms with van der Waals surface area (Å²) in [5, 5.41) is 59.6. The molecule has 1 aliphatic heterocycles. The molecule has 6 N–H and O–H groups in total. The molecule has 11 heteroatoms. The summed E-state index contributed by atoms with van der Waals surface area (Å²) in [6.45, 7) is 0.353. The van der Waals surface area contributed by atoms with Gasteiger partial charge < -0.3 is 30.2 Å². The monoisotopic (exact) mass is 618 g/mol. The quantitative estimate of drug-likeness (QED) is 0.149. The number of benzene rings is 4. The average Bonchev–Trinajstić information content (AvgIpc) is 3.73. The lowest BCUT2D eigenvalue weighted by atomic mass is 9.90. The number of aliphatic hydroxyl groups is 2. The minimum atomic E-state index is -1.31. The predicted octanol–water partition coefficient (Wildman–Crippen LogP) is 4.23. The van der Waals surface area contributed by atoms with Crippen molar-refractivity contribution in [3.63, 3.8) is 0 Å². The smallest absolute Gasteiger partial charge is 0.321 e. The first-order chi connectivity index (χ1) is 22.3. The Hall–Kier alpha value is -5.39. The number of hydrogen-bond donors (Lipinski definition) is 6. The number of amides is 2. The number of nitrogens with zero attached hydrogens (tertiary/aromatic N) is 4. The topological polar surface area (TPSA) is 162 Å². The van der Waals surface area contributed by atoms with Crippen LogP contribution in [-0.2, 0) is 25.9 Å². The highest BCUT2D eigenvalue weighted by atomic mass is 16.3. The molecule has 0 bridgehead atoms. The minimum absolute atomic E-state index is 0.112. The molecule has 11 nitrogen and oxygen atoms in total.